The average molecular weight is 351 g/mol. The number of benzene rings is 1. The number of hydrogen-bond donors (Lipinski definition) is 0. The van der Waals surface area contributed by atoms with Gasteiger partial charge in [-0.1, -0.05) is 24.3 Å². The van der Waals surface area contributed by atoms with Crippen LogP contribution in [-0.2, 0) is 16.0 Å². The van der Waals surface area contributed by atoms with Gasteiger partial charge < -0.3 is 14.5 Å². The van der Waals surface area contributed by atoms with Gasteiger partial charge in [0.2, 0.25) is 0 Å². The second-order valence-electron chi connectivity index (χ2n) is 6.92. The first kappa shape index (κ1) is 16.6. The first-order valence-corrected chi connectivity index (χ1v) is 8.83. The van der Waals surface area contributed by atoms with Crippen LogP contribution in [0.1, 0.15) is 22.8 Å². The van der Waals surface area contributed by atoms with E-state index in [1.165, 1.54) is 0 Å². The number of amides is 1. The van der Waals surface area contributed by atoms with Crippen LogP contribution in [0.4, 0.5) is 5.82 Å². The van der Waals surface area contributed by atoms with Crippen molar-refractivity contribution < 1.29 is 14.3 Å². The standard InChI is InChI=1S/C20H21N3O3/c1-20(14-15-6-2-3-7-16(15)18(24)26-20)19(25)23-12-10-22(11-13-23)17-8-4-5-9-21-17/h2-9H,10-14H2,1H3. The molecule has 134 valence electrons. The van der Waals surface area contributed by atoms with Crippen LogP contribution in [0.2, 0.25) is 0 Å². The molecule has 2 aromatic rings. The van der Waals surface area contributed by atoms with Gasteiger partial charge >= 0.3 is 5.97 Å². The molecule has 0 spiro atoms. The van der Waals surface area contributed by atoms with Crippen molar-refractivity contribution in [3.05, 3.63) is 59.8 Å². The molecule has 0 N–H and O–H groups in total. The van der Waals surface area contributed by atoms with E-state index < -0.39 is 11.6 Å². The van der Waals surface area contributed by atoms with Crippen LogP contribution < -0.4 is 4.90 Å². The smallest absolute Gasteiger partial charge is 0.339 e. The number of anilines is 1. The van der Waals surface area contributed by atoms with Crippen molar-refractivity contribution in [1.29, 1.82) is 0 Å². The quantitative estimate of drug-likeness (QED) is 0.774. The lowest BCUT2D eigenvalue weighted by atomic mass is 9.88. The topological polar surface area (TPSA) is 62.7 Å². The van der Waals surface area contributed by atoms with Gasteiger partial charge in [-0.05, 0) is 30.7 Å². The van der Waals surface area contributed by atoms with Crippen LogP contribution >= 0.6 is 0 Å². The maximum atomic E-state index is 13.1. The molecule has 6 heteroatoms. The molecule has 1 aromatic heterocycles. The number of esters is 1. The summed E-state index contributed by atoms with van der Waals surface area (Å²) in [4.78, 5) is 33.7. The zero-order valence-electron chi connectivity index (χ0n) is 14.7. The van der Waals surface area contributed by atoms with Crippen molar-refractivity contribution in [3.63, 3.8) is 0 Å². The molecule has 2 aliphatic rings. The van der Waals surface area contributed by atoms with Gasteiger partial charge in [-0.3, -0.25) is 4.79 Å². The van der Waals surface area contributed by atoms with Crippen LogP contribution in [-0.4, -0.2) is 53.5 Å². The zero-order chi connectivity index (χ0) is 18.1. The number of pyridine rings is 1. The molecular weight excluding hydrogens is 330 g/mol. The number of nitrogens with zero attached hydrogens (tertiary/aromatic N) is 3. The van der Waals surface area contributed by atoms with E-state index in [1.54, 1.807) is 30.2 Å². The molecule has 26 heavy (non-hydrogen) atoms. The van der Waals surface area contributed by atoms with Crippen molar-refractivity contribution >= 4 is 17.7 Å². The van der Waals surface area contributed by atoms with E-state index in [0.717, 1.165) is 11.4 Å². The van der Waals surface area contributed by atoms with Gasteiger partial charge in [-0.15, -0.1) is 0 Å². The van der Waals surface area contributed by atoms with Crippen molar-refractivity contribution in [2.24, 2.45) is 0 Å². The third-order valence-electron chi connectivity index (χ3n) is 5.08. The number of aromatic nitrogens is 1. The highest BCUT2D eigenvalue weighted by Crippen LogP contribution is 2.30. The largest absolute Gasteiger partial charge is 0.445 e. The Kier molecular flexibility index (Phi) is 4.11. The van der Waals surface area contributed by atoms with Crippen molar-refractivity contribution in [2.75, 3.05) is 31.1 Å². The summed E-state index contributed by atoms with van der Waals surface area (Å²) in [6.45, 7) is 4.31. The molecule has 0 saturated carbocycles. The van der Waals surface area contributed by atoms with Gasteiger partial charge in [0.1, 0.15) is 5.82 Å². The minimum Gasteiger partial charge on any atom is -0.445 e. The molecule has 0 radical (unpaired) electrons. The molecule has 1 saturated heterocycles. The molecule has 1 atom stereocenters. The average Bonchev–Trinajstić information content (AvgIpc) is 2.68. The lowest BCUT2D eigenvalue weighted by Crippen LogP contribution is -2.58. The van der Waals surface area contributed by atoms with Gasteiger partial charge in [-0.2, -0.15) is 0 Å². The second kappa shape index (κ2) is 6.44. The molecule has 1 aromatic carbocycles. The Hall–Kier alpha value is -2.89. The van der Waals surface area contributed by atoms with Crippen LogP contribution in [0.3, 0.4) is 0 Å². The highest BCUT2D eigenvalue weighted by atomic mass is 16.6. The lowest BCUT2D eigenvalue weighted by molar-refractivity contribution is -0.151. The number of rotatable bonds is 2. The predicted molar refractivity (Wildman–Crippen MR) is 97.0 cm³/mol. The summed E-state index contributed by atoms with van der Waals surface area (Å²) in [5, 5.41) is 0. The number of ether oxygens (including phenoxy) is 1. The highest BCUT2D eigenvalue weighted by Gasteiger charge is 2.45. The van der Waals surface area contributed by atoms with Crippen molar-refractivity contribution in [2.45, 2.75) is 18.9 Å². The third kappa shape index (κ3) is 2.92. The first-order chi connectivity index (χ1) is 12.6. The number of piperazine rings is 1. The van der Waals surface area contributed by atoms with Gasteiger partial charge in [0, 0.05) is 38.8 Å². The molecule has 3 heterocycles. The van der Waals surface area contributed by atoms with E-state index >= 15 is 0 Å². The number of cyclic esters (lactones) is 1. The number of carbonyl (C=O) groups excluding carboxylic acids is 2. The van der Waals surface area contributed by atoms with Crippen LogP contribution in [0.5, 0.6) is 0 Å². The molecule has 0 aliphatic carbocycles. The summed E-state index contributed by atoms with van der Waals surface area (Å²) in [7, 11) is 0. The van der Waals surface area contributed by atoms with E-state index in [9.17, 15) is 9.59 Å². The van der Waals surface area contributed by atoms with Gasteiger partial charge in [0.15, 0.2) is 5.60 Å². The molecule has 0 bridgehead atoms. The predicted octanol–water partition coefficient (Wildman–Crippen LogP) is 1.90. The van der Waals surface area contributed by atoms with E-state index in [4.69, 9.17) is 4.74 Å². The summed E-state index contributed by atoms with van der Waals surface area (Å²) in [6, 6.07) is 13.1. The minimum atomic E-state index is -1.14. The molecular formula is C20H21N3O3. The maximum absolute atomic E-state index is 13.1. The van der Waals surface area contributed by atoms with E-state index in [1.807, 2.05) is 30.3 Å². The van der Waals surface area contributed by atoms with Crippen molar-refractivity contribution in [1.82, 2.24) is 9.88 Å². The molecule has 1 fully saturated rings. The van der Waals surface area contributed by atoms with E-state index in [-0.39, 0.29) is 5.91 Å². The Morgan fingerprint density at radius 1 is 1.08 bits per heavy atom. The summed E-state index contributed by atoms with van der Waals surface area (Å²) in [5.41, 5.74) is 0.281. The fourth-order valence-electron chi connectivity index (χ4n) is 3.67. The van der Waals surface area contributed by atoms with Crippen LogP contribution in [0.15, 0.2) is 48.7 Å². The Balaban J connectivity index is 1.46. The van der Waals surface area contributed by atoms with Gasteiger partial charge in [-0.25, -0.2) is 9.78 Å². The molecule has 1 unspecified atom stereocenters. The fourth-order valence-corrected chi connectivity index (χ4v) is 3.67. The maximum Gasteiger partial charge on any atom is 0.339 e. The van der Waals surface area contributed by atoms with Crippen LogP contribution in [0, 0.1) is 0 Å². The molecule has 6 nitrogen and oxygen atoms in total. The van der Waals surface area contributed by atoms with Crippen molar-refractivity contribution in [3.8, 4) is 0 Å². The second-order valence-corrected chi connectivity index (χ2v) is 6.92. The summed E-state index contributed by atoms with van der Waals surface area (Å²) >= 11 is 0. The number of hydrogen-bond acceptors (Lipinski definition) is 5. The van der Waals surface area contributed by atoms with E-state index in [2.05, 4.69) is 9.88 Å². The zero-order valence-corrected chi connectivity index (χ0v) is 14.7. The normalized spacial score (nSPS) is 22.6. The first-order valence-electron chi connectivity index (χ1n) is 8.83. The lowest BCUT2D eigenvalue weighted by Gasteiger charge is -2.41. The Morgan fingerprint density at radius 2 is 1.81 bits per heavy atom. The molecule has 1 amide bonds. The van der Waals surface area contributed by atoms with Gasteiger partial charge in [0.25, 0.3) is 5.91 Å². The number of carbonyl (C=O) groups is 2. The Labute approximate surface area is 152 Å². The van der Waals surface area contributed by atoms with Crippen LogP contribution in [0.25, 0.3) is 0 Å². The third-order valence-corrected chi connectivity index (χ3v) is 5.08. The van der Waals surface area contributed by atoms with Gasteiger partial charge in [0.05, 0.1) is 5.56 Å². The molecule has 4 rings (SSSR count). The fraction of sp³-hybridized carbons (Fsp3) is 0.350. The molecule has 2 aliphatic heterocycles. The summed E-state index contributed by atoms with van der Waals surface area (Å²) in [6.07, 6.45) is 2.18. The minimum absolute atomic E-state index is 0.124. The SMILES string of the molecule is CC1(C(=O)N2CCN(c3ccccn3)CC2)Cc2ccccc2C(=O)O1. The Morgan fingerprint density at radius 3 is 2.54 bits per heavy atom. The monoisotopic (exact) mass is 351 g/mol. The number of fused-ring (bicyclic) bond motifs is 1. The summed E-state index contributed by atoms with van der Waals surface area (Å²) in [5.74, 6) is 0.375. The summed E-state index contributed by atoms with van der Waals surface area (Å²) < 4.78 is 5.57. The highest BCUT2D eigenvalue weighted by molar-refractivity contribution is 5.97. The van der Waals surface area contributed by atoms with E-state index in [0.29, 0.717) is 38.2 Å². The Bertz CT molecular complexity index is 831.